The smallest absolute Gasteiger partial charge is 0.0622 e. The third-order valence-corrected chi connectivity index (χ3v) is 19.6. The first-order valence-corrected chi connectivity index (χ1v) is 30.5. The van der Waals surface area contributed by atoms with E-state index in [4.69, 9.17) is 0 Å². The molecule has 0 atom stereocenters. The molecule has 0 spiro atoms. The van der Waals surface area contributed by atoms with E-state index >= 15 is 0 Å². The summed E-state index contributed by atoms with van der Waals surface area (Å²) in [7, 11) is 0. The largest absolute Gasteiger partial charge is 0.0713 e. The third-order valence-electron chi connectivity index (χ3n) is 19.6. The molecular weight excluding hydrogens is 1040 g/mol. The van der Waals surface area contributed by atoms with E-state index in [1.807, 2.05) is 0 Å². The Kier molecular flexibility index (Phi) is 11.7. The quantitative estimate of drug-likeness (QED) is 0.128. The minimum absolute atomic E-state index is 0.412. The molecular formula is C87H58. The van der Waals surface area contributed by atoms with Crippen LogP contribution in [0.15, 0.2) is 352 Å². The molecule has 0 amide bonds. The molecule has 0 nitrogen and oxygen atoms in total. The van der Waals surface area contributed by atoms with Crippen LogP contribution in [0.25, 0.3) is 77.9 Å². The maximum Gasteiger partial charge on any atom is 0.0713 e. The van der Waals surface area contributed by atoms with E-state index in [9.17, 15) is 0 Å². The molecule has 0 aliphatic heterocycles. The lowest BCUT2D eigenvalue weighted by Crippen LogP contribution is -2.28. The van der Waals surface area contributed by atoms with Crippen LogP contribution < -0.4 is 0 Å². The van der Waals surface area contributed by atoms with Crippen molar-refractivity contribution in [3.8, 4) is 77.9 Å². The summed E-state index contributed by atoms with van der Waals surface area (Å²) in [5.41, 5.74) is 31.6. The maximum absolute atomic E-state index is 2.37. The van der Waals surface area contributed by atoms with Crippen molar-refractivity contribution in [2.45, 2.75) is 16.2 Å². The molecule has 17 rings (SSSR count). The average Bonchev–Trinajstić information content (AvgIpc) is 2.31. The summed E-state index contributed by atoms with van der Waals surface area (Å²) in [6.07, 6.45) is 0. The van der Waals surface area contributed by atoms with Crippen molar-refractivity contribution in [2.24, 2.45) is 0 Å². The van der Waals surface area contributed by atoms with Crippen molar-refractivity contribution in [1.82, 2.24) is 0 Å². The average molecular weight is 1100 g/mol. The number of rotatable bonds is 10. The van der Waals surface area contributed by atoms with Crippen LogP contribution >= 0.6 is 0 Å². The molecule has 3 aliphatic carbocycles. The lowest BCUT2D eigenvalue weighted by atomic mass is 9.67. The van der Waals surface area contributed by atoms with Gasteiger partial charge in [0, 0.05) is 0 Å². The second-order valence-corrected chi connectivity index (χ2v) is 23.7. The number of hydrogen-bond donors (Lipinski definition) is 0. The minimum Gasteiger partial charge on any atom is -0.0622 e. The lowest BCUT2D eigenvalue weighted by molar-refractivity contribution is 0.768. The second-order valence-electron chi connectivity index (χ2n) is 23.7. The molecule has 87 heavy (non-hydrogen) atoms. The Bertz CT molecular complexity index is 4490. The van der Waals surface area contributed by atoms with Crippen molar-refractivity contribution >= 4 is 0 Å². The van der Waals surface area contributed by atoms with Gasteiger partial charge in [0.15, 0.2) is 0 Å². The van der Waals surface area contributed by atoms with E-state index in [0.29, 0.717) is 0 Å². The monoisotopic (exact) mass is 1100 g/mol. The number of hydrogen-bond acceptors (Lipinski definition) is 0. The number of benzene rings is 14. The van der Waals surface area contributed by atoms with Gasteiger partial charge in [0.2, 0.25) is 0 Å². The number of fused-ring (bicyclic) bond motifs is 9. The Hall–Kier alpha value is -10.9. The Labute approximate surface area is 509 Å². The van der Waals surface area contributed by atoms with Gasteiger partial charge in [-0.3, -0.25) is 0 Å². The van der Waals surface area contributed by atoms with E-state index in [1.165, 1.54) is 145 Å². The topological polar surface area (TPSA) is 0 Å². The molecule has 3 aliphatic rings. The fraction of sp³-hybridized carbons (Fsp3) is 0.0345. The van der Waals surface area contributed by atoms with E-state index in [0.717, 1.165) is 0 Å². The van der Waals surface area contributed by atoms with Gasteiger partial charge in [0.25, 0.3) is 0 Å². The van der Waals surface area contributed by atoms with Gasteiger partial charge in [-0.05, 0) is 145 Å². The van der Waals surface area contributed by atoms with Crippen molar-refractivity contribution in [3.63, 3.8) is 0 Å². The van der Waals surface area contributed by atoms with Crippen LogP contribution in [0.4, 0.5) is 0 Å². The van der Waals surface area contributed by atoms with Crippen molar-refractivity contribution in [1.29, 1.82) is 0 Å². The first-order chi connectivity index (χ1) is 43.1. The summed E-state index contributed by atoms with van der Waals surface area (Å²) in [5, 5.41) is 0. The van der Waals surface area contributed by atoms with Crippen LogP contribution in [0.1, 0.15) is 66.8 Å². The van der Waals surface area contributed by atoms with Crippen molar-refractivity contribution < 1.29 is 0 Å². The maximum atomic E-state index is 2.37. The fourth-order valence-corrected chi connectivity index (χ4v) is 15.8. The van der Waals surface area contributed by atoms with Gasteiger partial charge >= 0.3 is 0 Å². The summed E-state index contributed by atoms with van der Waals surface area (Å²) in [6, 6.07) is 132. The van der Waals surface area contributed by atoms with Crippen molar-refractivity contribution in [3.05, 3.63) is 419 Å². The fourth-order valence-electron chi connectivity index (χ4n) is 15.8. The van der Waals surface area contributed by atoms with Gasteiger partial charge < -0.3 is 0 Å². The van der Waals surface area contributed by atoms with Crippen LogP contribution in [0.5, 0.6) is 0 Å². The molecule has 0 saturated carbocycles. The molecule has 14 aromatic rings. The van der Waals surface area contributed by atoms with Crippen LogP contribution in [-0.4, -0.2) is 0 Å². The van der Waals surface area contributed by atoms with Gasteiger partial charge in [-0.1, -0.05) is 352 Å². The molecule has 14 aromatic carbocycles. The van der Waals surface area contributed by atoms with Crippen LogP contribution in [0.2, 0.25) is 0 Å². The van der Waals surface area contributed by atoms with Crippen LogP contribution in [0.3, 0.4) is 0 Å². The first kappa shape index (κ1) is 50.6. The summed E-state index contributed by atoms with van der Waals surface area (Å²) < 4.78 is 0. The standard InChI is InChI=1S/C87H58/c1-3-19-67(20-4-1)85(79-29-13-7-23-73(79)74-24-8-14-30-80(74)85)69-51-43-63(44-52-69)59-35-39-61(40-36-59)65-47-55-71(56-48-65)87(83-33-17-11-27-77(83)78-28-12-18-34-84(78)87)72-57-49-66(50-58-72)62-41-37-60(38-42-62)64-45-53-70(54-46-64)86(68-21-5-2-6-22-68)81-31-15-9-25-75(81)76-26-10-16-32-82(76)86/h1-58H. The molecule has 0 heterocycles. The zero-order chi connectivity index (χ0) is 57.5. The summed E-state index contributed by atoms with van der Waals surface area (Å²) in [4.78, 5) is 0. The predicted octanol–water partition coefficient (Wildman–Crippen LogP) is 21.4. The molecule has 0 bridgehead atoms. The molecule has 0 N–H and O–H groups in total. The Morgan fingerprint density at radius 3 is 0.437 bits per heavy atom. The van der Waals surface area contributed by atoms with Crippen molar-refractivity contribution in [2.75, 3.05) is 0 Å². The Morgan fingerprint density at radius 2 is 0.253 bits per heavy atom. The summed E-state index contributed by atoms with van der Waals surface area (Å²) in [5.74, 6) is 0. The van der Waals surface area contributed by atoms with Gasteiger partial charge in [-0.25, -0.2) is 0 Å². The van der Waals surface area contributed by atoms with Crippen LogP contribution in [-0.2, 0) is 16.2 Å². The first-order valence-electron chi connectivity index (χ1n) is 30.5. The zero-order valence-corrected chi connectivity index (χ0v) is 48.0. The SMILES string of the molecule is c1ccc(C2(c3ccc(-c4ccc(-c5ccc(C6(c7ccc(-c8ccc(-c9ccc(C%10(c%11ccccc%11)c%11ccccc%11-c%11ccccc%11%10)cc9)cc8)cc7)c7ccccc7-c7ccccc76)cc5)cc4)cc3)c3ccccc3-c3ccccc32)cc1. The highest BCUT2D eigenvalue weighted by atomic mass is 14.5. The van der Waals surface area contributed by atoms with Gasteiger partial charge in [0.1, 0.15) is 0 Å². The molecule has 0 radical (unpaired) electrons. The van der Waals surface area contributed by atoms with Gasteiger partial charge in [-0.2, -0.15) is 0 Å². The van der Waals surface area contributed by atoms with E-state index in [1.54, 1.807) is 0 Å². The van der Waals surface area contributed by atoms with Gasteiger partial charge in [-0.15, -0.1) is 0 Å². The Morgan fingerprint density at radius 1 is 0.115 bits per heavy atom. The second kappa shape index (κ2) is 20.1. The third kappa shape index (κ3) is 7.51. The highest BCUT2D eigenvalue weighted by Gasteiger charge is 2.48. The normalized spacial score (nSPS) is 14.0. The molecule has 0 heteroatoms. The predicted molar refractivity (Wildman–Crippen MR) is 360 cm³/mol. The highest BCUT2D eigenvalue weighted by Crippen LogP contribution is 2.59. The van der Waals surface area contributed by atoms with Gasteiger partial charge in [0.05, 0.1) is 16.2 Å². The van der Waals surface area contributed by atoms with E-state index < -0.39 is 16.2 Å². The van der Waals surface area contributed by atoms with Crippen LogP contribution in [0, 0.1) is 0 Å². The molecule has 0 aromatic heterocycles. The Balaban J connectivity index is 0.667. The van der Waals surface area contributed by atoms with E-state index in [-0.39, 0.29) is 0 Å². The summed E-state index contributed by atoms with van der Waals surface area (Å²) >= 11 is 0. The minimum atomic E-state index is -0.514. The molecule has 0 saturated heterocycles. The molecule has 406 valence electrons. The zero-order valence-electron chi connectivity index (χ0n) is 48.0. The molecule has 0 fully saturated rings. The van der Waals surface area contributed by atoms with E-state index in [2.05, 4.69) is 352 Å². The molecule has 0 unspecified atom stereocenters. The summed E-state index contributed by atoms with van der Waals surface area (Å²) in [6.45, 7) is 0. The lowest BCUT2D eigenvalue weighted by Gasteiger charge is -2.34. The highest BCUT2D eigenvalue weighted by molar-refractivity contribution is 5.90.